The predicted molar refractivity (Wildman–Crippen MR) is 143 cm³/mol. The Bertz CT molecular complexity index is 1830. The maximum atomic E-state index is 2.47. The van der Waals surface area contributed by atoms with Crippen molar-refractivity contribution in [3.8, 4) is 11.1 Å². The van der Waals surface area contributed by atoms with Crippen LogP contribution in [0.15, 0.2) is 97.1 Å². The van der Waals surface area contributed by atoms with Gasteiger partial charge in [-0.1, -0.05) is 87.5 Å². The molecular formula is C32H25N. The minimum Gasteiger partial charge on any atom is -0.308 e. The monoisotopic (exact) mass is 423 g/mol. The maximum Gasteiger partial charge on any atom is 0.0620 e. The third-order valence-corrected chi connectivity index (χ3v) is 7.25. The first kappa shape index (κ1) is 18.7. The third kappa shape index (κ3) is 2.60. The van der Waals surface area contributed by atoms with Crippen LogP contribution < -0.4 is 0 Å². The number of nitrogens with zero attached hydrogens (tertiary/aromatic N) is 1. The molecule has 0 aliphatic rings. The van der Waals surface area contributed by atoms with Gasteiger partial charge in [-0.2, -0.15) is 0 Å². The van der Waals surface area contributed by atoms with Crippen LogP contribution in [-0.2, 0) is 5.41 Å². The lowest BCUT2D eigenvalue weighted by Gasteiger charge is -2.19. The number of benzene rings is 5. The number of rotatable bonds is 1. The summed E-state index contributed by atoms with van der Waals surface area (Å²) in [5.41, 5.74) is 7.97. The summed E-state index contributed by atoms with van der Waals surface area (Å²) in [6, 6.07) is 36.1. The van der Waals surface area contributed by atoms with Crippen LogP contribution in [0.2, 0.25) is 0 Å². The molecule has 0 radical (unpaired) electrons. The highest BCUT2D eigenvalue weighted by atomic mass is 14.9. The van der Waals surface area contributed by atoms with Gasteiger partial charge in [0.2, 0.25) is 0 Å². The van der Waals surface area contributed by atoms with Crippen LogP contribution >= 0.6 is 0 Å². The van der Waals surface area contributed by atoms with Gasteiger partial charge in [-0.05, 0) is 63.2 Å². The van der Waals surface area contributed by atoms with E-state index in [-0.39, 0.29) is 5.41 Å². The van der Waals surface area contributed by atoms with E-state index >= 15 is 0 Å². The van der Waals surface area contributed by atoms with E-state index in [1.807, 2.05) is 0 Å². The van der Waals surface area contributed by atoms with Gasteiger partial charge in [-0.25, -0.2) is 0 Å². The Labute approximate surface area is 193 Å². The topological polar surface area (TPSA) is 4.41 Å². The smallest absolute Gasteiger partial charge is 0.0620 e. The lowest BCUT2D eigenvalue weighted by molar-refractivity contribution is 0.590. The van der Waals surface area contributed by atoms with Gasteiger partial charge in [0.25, 0.3) is 0 Å². The first-order valence-corrected chi connectivity index (χ1v) is 11.7. The van der Waals surface area contributed by atoms with E-state index in [4.69, 9.17) is 0 Å². The average molecular weight is 424 g/mol. The van der Waals surface area contributed by atoms with Gasteiger partial charge in [0.1, 0.15) is 0 Å². The van der Waals surface area contributed by atoms with Crippen molar-refractivity contribution in [2.45, 2.75) is 26.2 Å². The molecule has 7 aromatic rings. The zero-order chi connectivity index (χ0) is 22.3. The summed E-state index contributed by atoms with van der Waals surface area (Å²) in [7, 11) is 0. The molecule has 0 saturated carbocycles. The normalized spacial score (nSPS) is 12.7. The average Bonchev–Trinajstić information content (AvgIpc) is 3.33. The molecule has 0 unspecified atom stereocenters. The molecule has 7 rings (SSSR count). The van der Waals surface area contributed by atoms with E-state index in [0.29, 0.717) is 0 Å². The van der Waals surface area contributed by atoms with Crippen molar-refractivity contribution in [2.24, 2.45) is 0 Å². The highest BCUT2D eigenvalue weighted by molar-refractivity contribution is 6.25. The minimum absolute atomic E-state index is 0.157. The Morgan fingerprint density at radius 2 is 1.15 bits per heavy atom. The van der Waals surface area contributed by atoms with Crippen molar-refractivity contribution >= 4 is 48.9 Å². The molecule has 0 fully saturated rings. The van der Waals surface area contributed by atoms with Gasteiger partial charge in [-0.15, -0.1) is 0 Å². The summed E-state index contributed by atoms with van der Waals surface area (Å²) in [5.74, 6) is 0. The lowest BCUT2D eigenvalue weighted by atomic mass is 9.86. The van der Waals surface area contributed by atoms with Crippen molar-refractivity contribution in [1.29, 1.82) is 0 Å². The quantitative estimate of drug-likeness (QED) is 0.248. The lowest BCUT2D eigenvalue weighted by Crippen LogP contribution is -2.10. The minimum atomic E-state index is 0.157. The van der Waals surface area contributed by atoms with Gasteiger partial charge in [0.05, 0.1) is 16.6 Å². The summed E-state index contributed by atoms with van der Waals surface area (Å²) in [5, 5.41) is 7.89. The molecule has 0 atom stereocenters. The number of para-hydroxylation sites is 1. The fourth-order valence-corrected chi connectivity index (χ4v) is 5.51. The first-order chi connectivity index (χ1) is 16.0. The Morgan fingerprint density at radius 3 is 1.88 bits per heavy atom. The molecule has 1 nitrogen and oxygen atoms in total. The van der Waals surface area contributed by atoms with E-state index in [1.54, 1.807) is 0 Å². The van der Waals surface area contributed by atoms with Crippen molar-refractivity contribution in [2.75, 3.05) is 0 Å². The van der Waals surface area contributed by atoms with Crippen LogP contribution in [0.5, 0.6) is 0 Å². The van der Waals surface area contributed by atoms with Gasteiger partial charge in [0.15, 0.2) is 0 Å². The molecule has 158 valence electrons. The largest absolute Gasteiger partial charge is 0.308 e. The summed E-state index contributed by atoms with van der Waals surface area (Å²) in [6.07, 6.45) is 0. The highest BCUT2D eigenvalue weighted by Gasteiger charge is 2.19. The van der Waals surface area contributed by atoms with E-state index in [9.17, 15) is 0 Å². The van der Waals surface area contributed by atoms with Crippen molar-refractivity contribution in [3.05, 3.63) is 103 Å². The van der Waals surface area contributed by atoms with Gasteiger partial charge in [0, 0.05) is 21.5 Å². The Morgan fingerprint density at radius 1 is 0.515 bits per heavy atom. The van der Waals surface area contributed by atoms with Gasteiger partial charge in [-0.3, -0.25) is 0 Å². The van der Waals surface area contributed by atoms with E-state index in [0.717, 1.165) is 0 Å². The Hall–Kier alpha value is -3.84. The van der Waals surface area contributed by atoms with Crippen molar-refractivity contribution < 1.29 is 0 Å². The number of hydrogen-bond acceptors (Lipinski definition) is 0. The van der Waals surface area contributed by atoms with Crippen molar-refractivity contribution in [3.63, 3.8) is 0 Å². The predicted octanol–water partition coefficient (Wildman–Crippen LogP) is 8.95. The van der Waals surface area contributed by atoms with Gasteiger partial charge >= 0.3 is 0 Å². The van der Waals surface area contributed by atoms with Crippen LogP contribution in [-0.4, -0.2) is 4.40 Å². The number of hydrogen-bond donors (Lipinski definition) is 0. The molecule has 2 heterocycles. The summed E-state index contributed by atoms with van der Waals surface area (Å²) >= 11 is 0. The Balaban J connectivity index is 1.62. The molecule has 0 N–H and O–H groups in total. The van der Waals surface area contributed by atoms with E-state index in [2.05, 4.69) is 122 Å². The third-order valence-electron chi connectivity index (χ3n) is 7.25. The zero-order valence-corrected chi connectivity index (χ0v) is 19.2. The second-order valence-corrected chi connectivity index (χ2v) is 10.3. The SMILES string of the molecule is CC(C)(C)c1ccc(-c2cc3c4ccccc4n4c5cc6ccccc6cc5c(c2)c34)cc1. The number of fused-ring (bicyclic) bond motifs is 7. The van der Waals surface area contributed by atoms with Crippen LogP contribution in [0, 0.1) is 0 Å². The standard InChI is InChI=1S/C32H25N/c1-32(2,3)24-14-12-20(13-15-24)23-17-27-25-10-6-7-11-29(25)33-30-19-22-9-5-4-8-21(22)16-26(30)28(18-23)31(27)33/h4-19H,1-3H3. The molecular weight excluding hydrogens is 398 g/mol. The van der Waals surface area contributed by atoms with Crippen LogP contribution in [0.25, 0.3) is 60.0 Å². The van der Waals surface area contributed by atoms with Crippen LogP contribution in [0.4, 0.5) is 0 Å². The van der Waals surface area contributed by atoms with Crippen LogP contribution in [0.3, 0.4) is 0 Å². The highest BCUT2D eigenvalue weighted by Crippen LogP contribution is 2.42. The fourth-order valence-electron chi connectivity index (χ4n) is 5.51. The molecule has 33 heavy (non-hydrogen) atoms. The molecule has 0 bridgehead atoms. The van der Waals surface area contributed by atoms with E-state index in [1.165, 1.54) is 65.6 Å². The molecule has 0 aliphatic carbocycles. The molecule has 0 aliphatic heterocycles. The molecule has 0 amide bonds. The zero-order valence-electron chi connectivity index (χ0n) is 19.2. The van der Waals surface area contributed by atoms with Gasteiger partial charge < -0.3 is 4.40 Å². The van der Waals surface area contributed by atoms with Crippen LogP contribution in [0.1, 0.15) is 26.3 Å². The Kier molecular flexibility index (Phi) is 3.60. The summed E-state index contributed by atoms with van der Waals surface area (Å²) in [4.78, 5) is 0. The second-order valence-electron chi connectivity index (χ2n) is 10.3. The maximum absolute atomic E-state index is 2.47. The molecule has 0 saturated heterocycles. The summed E-state index contributed by atoms with van der Waals surface area (Å²) < 4.78 is 2.47. The molecule has 2 aromatic heterocycles. The molecule has 0 spiro atoms. The van der Waals surface area contributed by atoms with E-state index < -0.39 is 0 Å². The van der Waals surface area contributed by atoms with Crippen molar-refractivity contribution in [1.82, 2.24) is 4.40 Å². The first-order valence-electron chi connectivity index (χ1n) is 11.7. The summed E-state index contributed by atoms with van der Waals surface area (Å²) in [6.45, 7) is 6.81. The second kappa shape index (κ2) is 6.36. The molecule has 1 heteroatoms. The fraction of sp³-hybridized carbons (Fsp3) is 0.125. The molecule has 5 aromatic carbocycles. The number of aromatic nitrogens is 1.